The summed E-state index contributed by atoms with van der Waals surface area (Å²) < 4.78 is 21.9. The molecule has 1 aromatic carbocycles. The molecule has 1 aromatic heterocycles. The van der Waals surface area contributed by atoms with Crippen molar-refractivity contribution in [2.45, 2.75) is 25.5 Å². The van der Waals surface area contributed by atoms with E-state index in [1.807, 2.05) is 0 Å². The number of carbonyl (C=O) groups is 1. The number of rotatable bonds is 5. The van der Waals surface area contributed by atoms with E-state index in [9.17, 15) is 9.18 Å². The van der Waals surface area contributed by atoms with Crippen molar-refractivity contribution in [3.63, 3.8) is 0 Å². The zero-order chi connectivity index (χ0) is 20.7. The molecule has 0 N–H and O–H groups in total. The second-order valence-electron chi connectivity index (χ2n) is 8.07. The molecule has 154 valence electrons. The minimum atomic E-state index is -0.488. The molecule has 30 heavy (non-hydrogen) atoms. The molecule has 2 unspecified atom stereocenters. The van der Waals surface area contributed by atoms with Crippen molar-refractivity contribution in [1.29, 1.82) is 5.26 Å². The van der Waals surface area contributed by atoms with Gasteiger partial charge < -0.3 is 9.64 Å². The molecule has 0 spiro atoms. The lowest BCUT2D eigenvalue weighted by molar-refractivity contribution is 0.129. The number of amides is 1. The lowest BCUT2D eigenvalue weighted by Crippen LogP contribution is -2.26. The first-order valence-corrected chi connectivity index (χ1v) is 10.0. The van der Waals surface area contributed by atoms with Gasteiger partial charge in [0, 0.05) is 19.3 Å². The van der Waals surface area contributed by atoms with Gasteiger partial charge in [0.15, 0.2) is 0 Å². The van der Waals surface area contributed by atoms with Crippen molar-refractivity contribution < 1.29 is 13.9 Å². The van der Waals surface area contributed by atoms with Crippen LogP contribution in [0.2, 0.25) is 0 Å². The Morgan fingerprint density at radius 2 is 2.20 bits per heavy atom. The topological polar surface area (TPSA) is 87.3 Å². The van der Waals surface area contributed by atoms with Crippen LogP contribution in [0.15, 0.2) is 42.2 Å². The van der Waals surface area contributed by atoms with Gasteiger partial charge in [-0.3, -0.25) is 4.90 Å². The third-order valence-electron chi connectivity index (χ3n) is 6.09. The van der Waals surface area contributed by atoms with Gasteiger partial charge in [-0.15, -0.1) is 5.10 Å². The number of cyclic esters (lactones) is 1. The number of benzene rings is 1. The standard InChI is InChI=1S/C21H21FN6O2/c22-19-9-17(28-13-18(30-21(28)29)12-27-6-5-24-25-27)1-2-20(19)26-10-15-7-14(3-4-23)8-16(15)11-26/h1-2,5-7,9,15-16,18H,3,8,10-13H2/t15?,16?,18-/m0/s1. The zero-order valence-electron chi connectivity index (χ0n) is 16.3. The molecule has 2 saturated heterocycles. The van der Waals surface area contributed by atoms with Gasteiger partial charge in [0.25, 0.3) is 0 Å². The SMILES string of the molecule is N#CCC1=CC2CN(c3ccc(N4C[C@H](Cn5ccnn5)OC4=O)cc3F)CC2C1. The summed E-state index contributed by atoms with van der Waals surface area (Å²) in [6.45, 7) is 2.26. The Bertz CT molecular complexity index is 1030. The van der Waals surface area contributed by atoms with E-state index < -0.39 is 6.09 Å². The fourth-order valence-corrected chi connectivity index (χ4v) is 4.72. The quantitative estimate of drug-likeness (QED) is 0.707. The van der Waals surface area contributed by atoms with Crippen LogP contribution in [0.1, 0.15) is 12.8 Å². The highest BCUT2D eigenvalue weighted by Crippen LogP contribution is 2.40. The lowest BCUT2D eigenvalue weighted by Gasteiger charge is -2.22. The van der Waals surface area contributed by atoms with Crippen LogP contribution in [0.5, 0.6) is 0 Å². The summed E-state index contributed by atoms with van der Waals surface area (Å²) in [6, 6.07) is 7.12. The molecule has 2 aromatic rings. The van der Waals surface area contributed by atoms with Crippen LogP contribution in [0.3, 0.4) is 0 Å². The highest BCUT2D eigenvalue weighted by atomic mass is 19.1. The molecule has 1 amide bonds. The fraction of sp³-hybridized carbons (Fsp3) is 0.429. The number of hydrogen-bond acceptors (Lipinski definition) is 6. The number of aromatic nitrogens is 3. The average Bonchev–Trinajstić information content (AvgIpc) is 3.47. The minimum Gasteiger partial charge on any atom is -0.442 e. The highest BCUT2D eigenvalue weighted by molar-refractivity contribution is 5.90. The smallest absolute Gasteiger partial charge is 0.414 e. The van der Waals surface area contributed by atoms with Crippen LogP contribution in [-0.2, 0) is 11.3 Å². The van der Waals surface area contributed by atoms with Gasteiger partial charge >= 0.3 is 6.09 Å². The number of nitrogens with zero attached hydrogens (tertiary/aromatic N) is 6. The van der Waals surface area contributed by atoms with Crippen LogP contribution in [-0.4, -0.2) is 46.8 Å². The number of halogens is 1. The van der Waals surface area contributed by atoms with Crippen LogP contribution < -0.4 is 9.80 Å². The van der Waals surface area contributed by atoms with Crippen molar-refractivity contribution in [2.75, 3.05) is 29.4 Å². The van der Waals surface area contributed by atoms with Crippen molar-refractivity contribution in [3.05, 3.63) is 48.1 Å². The van der Waals surface area contributed by atoms with Gasteiger partial charge in [0.2, 0.25) is 0 Å². The molecule has 1 aliphatic carbocycles. The van der Waals surface area contributed by atoms with Crippen LogP contribution in [0.25, 0.3) is 0 Å². The zero-order valence-corrected chi connectivity index (χ0v) is 16.3. The van der Waals surface area contributed by atoms with E-state index in [0.29, 0.717) is 42.7 Å². The normalized spacial score (nSPS) is 25.3. The van der Waals surface area contributed by atoms with Crippen molar-refractivity contribution in [3.8, 4) is 6.07 Å². The molecular formula is C21H21FN6O2. The Kier molecular flexibility index (Phi) is 4.62. The van der Waals surface area contributed by atoms with Gasteiger partial charge in [-0.2, -0.15) is 5.26 Å². The van der Waals surface area contributed by atoms with Gasteiger partial charge in [-0.1, -0.05) is 16.9 Å². The molecule has 3 heterocycles. The number of fused-ring (bicyclic) bond motifs is 1. The Morgan fingerprint density at radius 3 is 2.93 bits per heavy atom. The second-order valence-corrected chi connectivity index (χ2v) is 8.07. The molecule has 9 heteroatoms. The van der Waals surface area contributed by atoms with E-state index in [1.165, 1.54) is 16.5 Å². The molecule has 2 fully saturated rings. The second kappa shape index (κ2) is 7.44. The molecule has 8 nitrogen and oxygen atoms in total. The summed E-state index contributed by atoms with van der Waals surface area (Å²) in [5.41, 5.74) is 2.24. The Hall–Kier alpha value is -3.41. The summed E-state index contributed by atoms with van der Waals surface area (Å²) in [5, 5.41) is 16.5. The predicted octanol–water partition coefficient (Wildman–Crippen LogP) is 2.74. The molecule has 3 atom stereocenters. The maximum Gasteiger partial charge on any atom is 0.414 e. The van der Waals surface area contributed by atoms with Gasteiger partial charge in [0.1, 0.15) is 11.9 Å². The van der Waals surface area contributed by atoms with Gasteiger partial charge in [-0.25, -0.2) is 13.9 Å². The summed E-state index contributed by atoms with van der Waals surface area (Å²) >= 11 is 0. The highest BCUT2D eigenvalue weighted by Gasteiger charge is 2.37. The molecule has 3 aliphatic rings. The molecule has 0 radical (unpaired) electrons. The van der Waals surface area contributed by atoms with E-state index in [2.05, 4.69) is 27.4 Å². The van der Waals surface area contributed by atoms with Crippen molar-refractivity contribution in [2.24, 2.45) is 11.8 Å². The first kappa shape index (κ1) is 18.6. The van der Waals surface area contributed by atoms with Crippen molar-refractivity contribution >= 4 is 17.5 Å². The molecular weight excluding hydrogens is 387 g/mol. The van der Waals surface area contributed by atoms with Crippen LogP contribution in [0.4, 0.5) is 20.6 Å². The summed E-state index contributed by atoms with van der Waals surface area (Å²) in [6.07, 6.45) is 6.01. The summed E-state index contributed by atoms with van der Waals surface area (Å²) in [4.78, 5) is 15.8. The van der Waals surface area contributed by atoms with E-state index in [1.54, 1.807) is 29.2 Å². The van der Waals surface area contributed by atoms with Crippen molar-refractivity contribution in [1.82, 2.24) is 15.0 Å². The predicted molar refractivity (Wildman–Crippen MR) is 106 cm³/mol. The van der Waals surface area contributed by atoms with Gasteiger partial charge in [0.05, 0.1) is 43.2 Å². The third-order valence-corrected chi connectivity index (χ3v) is 6.09. The lowest BCUT2D eigenvalue weighted by atomic mass is 9.99. The number of carbonyl (C=O) groups excluding carboxylic acids is 1. The third kappa shape index (κ3) is 3.38. The van der Waals surface area contributed by atoms with E-state index in [-0.39, 0.29) is 11.9 Å². The Morgan fingerprint density at radius 1 is 1.30 bits per heavy atom. The van der Waals surface area contributed by atoms with E-state index >= 15 is 0 Å². The number of nitriles is 1. The molecule has 2 aliphatic heterocycles. The monoisotopic (exact) mass is 408 g/mol. The fourth-order valence-electron chi connectivity index (χ4n) is 4.72. The average molecular weight is 408 g/mol. The maximum absolute atomic E-state index is 15.0. The van der Waals surface area contributed by atoms with E-state index in [4.69, 9.17) is 10.00 Å². The van der Waals surface area contributed by atoms with Crippen LogP contribution >= 0.6 is 0 Å². The Balaban J connectivity index is 1.27. The van der Waals surface area contributed by atoms with E-state index in [0.717, 1.165) is 19.5 Å². The number of hydrogen-bond donors (Lipinski definition) is 0. The number of anilines is 2. The maximum atomic E-state index is 15.0. The molecule has 0 saturated carbocycles. The molecule has 0 bridgehead atoms. The largest absolute Gasteiger partial charge is 0.442 e. The first-order chi connectivity index (χ1) is 14.6. The summed E-state index contributed by atoms with van der Waals surface area (Å²) in [7, 11) is 0. The Labute approximate surface area is 173 Å². The number of ether oxygens (including phenoxy) is 1. The van der Waals surface area contributed by atoms with Gasteiger partial charge in [-0.05, 0) is 36.5 Å². The minimum absolute atomic E-state index is 0.331. The first-order valence-electron chi connectivity index (χ1n) is 10.0. The number of allylic oxidation sites excluding steroid dienone is 1. The molecule has 5 rings (SSSR count). The van der Waals surface area contributed by atoms with Crippen LogP contribution in [0, 0.1) is 29.0 Å². The summed E-state index contributed by atoms with van der Waals surface area (Å²) in [5.74, 6) is 0.471.